The molecule has 0 saturated carbocycles. The minimum absolute atomic E-state index is 0.0880. The van der Waals surface area contributed by atoms with Crippen molar-refractivity contribution in [2.45, 2.75) is 12.2 Å². The summed E-state index contributed by atoms with van der Waals surface area (Å²) in [5.74, 6) is 0. The molecule has 0 radical (unpaired) electrons. The summed E-state index contributed by atoms with van der Waals surface area (Å²) in [7, 11) is 0. The highest BCUT2D eigenvalue weighted by molar-refractivity contribution is 7.80. The van der Waals surface area contributed by atoms with Crippen LogP contribution in [0.2, 0.25) is 0 Å². The van der Waals surface area contributed by atoms with Gasteiger partial charge in [-0.15, -0.1) is 0 Å². The van der Waals surface area contributed by atoms with Crippen molar-refractivity contribution >= 4 is 12.6 Å². The van der Waals surface area contributed by atoms with Gasteiger partial charge in [0.05, 0.1) is 0 Å². The van der Waals surface area contributed by atoms with E-state index < -0.39 is 0 Å². The van der Waals surface area contributed by atoms with Crippen molar-refractivity contribution in [1.29, 1.82) is 0 Å². The second kappa shape index (κ2) is 2.51. The van der Waals surface area contributed by atoms with Gasteiger partial charge in [0, 0.05) is 5.25 Å². The van der Waals surface area contributed by atoms with Crippen LogP contribution in [0.3, 0.4) is 0 Å². The predicted molar refractivity (Wildman–Crippen MR) is 24.4 cm³/mol. The molecule has 0 aliphatic heterocycles. The number of alkyl halides is 1. The zero-order valence-corrected chi connectivity index (χ0v) is 4.00. The van der Waals surface area contributed by atoms with Crippen LogP contribution in [0.15, 0.2) is 0 Å². The van der Waals surface area contributed by atoms with Crippen LogP contribution in [0.5, 0.6) is 0 Å². The minimum Gasteiger partial charge on any atom is -0.250 e. The minimum atomic E-state index is -0.330. The first kappa shape index (κ1) is 5.28. The van der Waals surface area contributed by atoms with Crippen LogP contribution in [-0.4, -0.2) is 11.9 Å². The Labute approximate surface area is 36.8 Å². The maximum absolute atomic E-state index is 11.0. The summed E-state index contributed by atoms with van der Waals surface area (Å²) in [5, 5.41) is -0.0880. The Bertz CT molecular complexity index is 20.9. The first-order chi connectivity index (χ1) is 2.27. The average Bonchev–Trinajstić information content (AvgIpc) is 1.38. The van der Waals surface area contributed by atoms with Gasteiger partial charge in [-0.3, -0.25) is 0 Å². The average molecular weight is 94.2 g/mol. The van der Waals surface area contributed by atoms with Crippen LogP contribution in [0.4, 0.5) is 4.39 Å². The predicted octanol–water partition coefficient (Wildman–Crippen LogP) is 1.27. The summed E-state index contributed by atoms with van der Waals surface area (Å²) in [5.41, 5.74) is 0. The zero-order valence-electron chi connectivity index (χ0n) is 3.11. The van der Waals surface area contributed by atoms with Gasteiger partial charge in [-0.2, -0.15) is 12.6 Å². The van der Waals surface area contributed by atoms with Gasteiger partial charge in [0.2, 0.25) is 0 Å². The lowest BCUT2D eigenvalue weighted by atomic mass is 10.5. The number of rotatable bonds is 1. The highest BCUT2D eigenvalue weighted by atomic mass is 32.1. The summed E-state index contributed by atoms with van der Waals surface area (Å²) in [4.78, 5) is 0. The molecule has 0 spiro atoms. The SMILES string of the molecule is C[C@H](S)CF. The van der Waals surface area contributed by atoms with Crippen molar-refractivity contribution in [2.75, 3.05) is 6.67 Å². The second-order valence-corrected chi connectivity index (χ2v) is 1.88. The molecule has 32 valence electrons. The van der Waals surface area contributed by atoms with E-state index in [4.69, 9.17) is 0 Å². The molecule has 5 heavy (non-hydrogen) atoms. The fraction of sp³-hybridized carbons (Fsp3) is 1.00. The van der Waals surface area contributed by atoms with E-state index >= 15 is 0 Å². The van der Waals surface area contributed by atoms with Crippen molar-refractivity contribution < 1.29 is 4.39 Å². The molecule has 1 atom stereocenters. The Kier molecular flexibility index (Phi) is 2.65. The third kappa shape index (κ3) is 4.28. The molecule has 2 heteroatoms. The van der Waals surface area contributed by atoms with Crippen LogP contribution < -0.4 is 0 Å². The molecule has 0 amide bonds. The fourth-order valence-electron chi connectivity index (χ4n) is 0. The third-order valence-corrected chi connectivity index (χ3v) is 0.361. The van der Waals surface area contributed by atoms with E-state index in [1.165, 1.54) is 0 Å². The van der Waals surface area contributed by atoms with E-state index in [1.807, 2.05) is 0 Å². The van der Waals surface area contributed by atoms with E-state index in [0.717, 1.165) is 0 Å². The maximum Gasteiger partial charge on any atom is 0.101 e. The van der Waals surface area contributed by atoms with E-state index in [-0.39, 0.29) is 11.9 Å². The van der Waals surface area contributed by atoms with Crippen molar-refractivity contribution in [3.8, 4) is 0 Å². The van der Waals surface area contributed by atoms with E-state index in [0.29, 0.717) is 0 Å². The molecule has 0 fully saturated rings. The van der Waals surface area contributed by atoms with Crippen LogP contribution >= 0.6 is 12.6 Å². The summed E-state index contributed by atoms with van der Waals surface area (Å²) < 4.78 is 11.0. The molecule has 0 unspecified atom stereocenters. The second-order valence-electron chi connectivity index (χ2n) is 1.00. The quantitative estimate of drug-likeness (QED) is 0.465. The van der Waals surface area contributed by atoms with Gasteiger partial charge in [-0.25, -0.2) is 4.39 Å². The Morgan fingerprint density at radius 3 is 2.20 bits per heavy atom. The third-order valence-electron chi connectivity index (χ3n) is 0.223. The van der Waals surface area contributed by atoms with E-state index in [9.17, 15) is 4.39 Å². The van der Waals surface area contributed by atoms with Gasteiger partial charge >= 0.3 is 0 Å². The molecule has 0 saturated heterocycles. The maximum atomic E-state index is 11.0. The van der Waals surface area contributed by atoms with Gasteiger partial charge in [0.15, 0.2) is 0 Å². The first-order valence-corrected chi connectivity index (χ1v) is 2.03. The molecule has 0 bridgehead atoms. The Hall–Kier alpha value is 0.280. The Morgan fingerprint density at radius 2 is 2.20 bits per heavy atom. The molecule has 0 aromatic rings. The van der Waals surface area contributed by atoms with Crippen LogP contribution in [0, 0.1) is 0 Å². The van der Waals surface area contributed by atoms with Gasteiger partial charge in [0.25, 0.3) is 0 Å². The summed E-state index contributed by atoms with van der Waals surface area (Å²) in [6, 6.07) is 0. The number of hydrogen-bond donors (Lipinski definition) is 1. The number of hydrogen-bond acceptors (Lipinski definition) is 1. The molecule has 0 rings (SSSR count). The smallest absolute Gasteiger partial charge is 0.101 e. The molecular weight excluding hydrogens is 87.1 g/mol. The Morgan fingerprint density at radius 1 is 2.00 bits per heavy atom. The highest BCUT2D eigenvalue weighted by Crippen LogP contribution is 1.89. The number of thiol groups is 1. The van der Waals surface area contributed by atoms with Crippen molar-refractivity contribution in [3.05, 3.63) is 0 Å². The van der Waals surface area contributed by atoms with Gasteiger partial charge in [0.1, 0.15) is 6.67 Å². The molecule has 0 heterocycles. The zero-order chi connectivity index (χ0) is 4.28. The van der Waals surface area contributed by atoms with Crippen LogP contribution in [0.1, 0.15) is 6.92 Å². The van der Waals surface area contributed by atoms with Gasteiger partial charge < -0.3 is 0 Å². The van der Waals surface area contributed by atoms with Crippen molar-refractivity contribution in [2.24, 2.45) is 0 Å². The molecular formula is C3H7FS. The van der Waals surface area contributed by atoms with Crippen LogP contribution in [-0.2, 0) is 0 Å². The highest BCUT2D eigenvalue weighted by Gasteiger charge is 1.84. The molecule has 0 aromatic carbocycles. The monoisotopic (exact) mass is 94.0 g/mol. The standard InChI is InChI=1S/C3H7FS/c1-3(5)2-4/h3,5H,2H2,1H3/t3-/m0/s1. The van der Waals surface area contributed by atoms with Gasteiger partial charge in [-0.05, 0) is 0 Å². The van der Waals surface area contributed by atoms with Crippen LogP contribution in [0.25, 0.3) is 0 Å². The van der Waals surface area contributed by atoms with E-state index in [1.54, 1.807) is 6.92 Å². The van der Waals surface area contributed by atoms with Crippen molar-refractivity contribution in [1.82, 2.24) is 0 Å². The normalized spacial score (nSPS) is 15.0. The molecule has 0 aliphatic carbocycles. The lowest BCUT2D eigenvalue weighted by Gasteiger charge is -1.86. The summed E-state index contributed by atoms with van der Waals surface area (Å²) in [6.45, 7) is 1.38. The molecule has 0 aromatic heterocycles. The summed E-state index contributed by atoms with van der Waals surface area (Å²) in [6.07, 6.45) is 0. The van der Waals surface area contributed by atoms with E-state index in [2.05, 4.69) is 12.6 Å². The summed E-state index contributed by atoms with van der Waals surface area (Å²) >= 11 is 3.72. The van der Waals surface area contributed by atoms with Gasteiger partial charge in [-0.1, -0.05) is 6.92 Å². The largest absolute Gasteiger partial charge is 0.250 e. The fourth-order valence-corrected chi connectivity index (χ4v) is 0. The molecule has 0 nitrogen and oxygen atoms in total. The van der Waals surface area contributed by atoms with Crippen molar-refractivity contribution in [3.63, 3.8) is 0 Å². The molecule has 0 N–H and O–H groups in total. The lowest BCUT2D eigenvalue weighted by Crippen LogP contribution is -1.89. The number of halogens is 1. The topological polar surface area (TPSA) is 0 Å². The molecule has 0 aliphatic rings. The Balaban J connectivity index is 2.54. The lowest BCUT2D eigenvalue weighted by molar-refractivity contribution is 0.496. The first-order valence-electron chi connectivity index (χ1n) is 1.51.